The average molecular weight is 657 g/mol. The van der Waals surface area contributed by atoms with Crippen LogP contribution in [0.4, 0.5) is 5.69 Å². The topological polar surface area (TPSA) is 67.9 Å². The Morgan fingerprint density at radius 2 is 1.89 bits per heavy atom. The number of hydrogen-bond acceptors (Lipinski definition) is 5. The van der Waals surface area contributed by atoms with Gasteiger partial charge in [-0.15, -0.1) is 9.24 Å². The third-order valence-corrected chi connectivity index (χ3v) is 13.3. The van der Waals surface area contributed by atoms with Gasteiger partial charge in [-0.05, 0) is 113 Å². The van der Waals surface area contributed by atoms with Gasteiger partial charge >= 0.3 is 0 Å². The predicted molar refractivity (Wildman–Crippen MR) is 192 cm³/mol. The molecule has 6 nitrogen and oxygen atoms in total. The monoisotopic (exact) mass is 656 g/mol. The summed E-state index contributed by atoms with van der Waals surface area (Å²) in [6.45, 7) is 15.3. The van der Waals surface area contributed by atoms with Gasteiger partial charge in [0.05, 0.1) is 11.4 Å². The number of fused-ring (bicyclic) bond motifs is 1. The fraction of sp³-hybridized carbons (Fsp3) is 0.622. The van der Waals surface area contributed by atoms with Crippen LogP contribution in [0.25, 0.3) is 0 Å². The zero-order valence-electron chi connectivity index (χ0n) is 28.9. The maximum atomic E-state index is 12.4. The normalized spacial score (nSPS) is 24.2. The molecule has 0 aromatic heterocycles. The van der Waals surface area contributed by atoms with E-state index in [1.54, 1.807) is 14.0 Å². The van der Waals surface area contributed by atoms with E-state index in [0.29, 0.717) is 13.0 Å². The van der Waals surface area contributed by atoms with E-state index in [1.165, 1.54) is 53.4 Å². The molecule has 0 radical (unpaired) electrons. The first-order chi connectivity index (χ1) is 21.4. The summed E-state index contributed by atoms with van der Waals surface area (Å²) in [6, 6.07) is 13.9. The maximum absolute atomic E-state index is 12.4. The van der Waals surface area contributed by atoms with Gasteiger partial charge in [-0.1, -0.05) is 55.8 Å². The molecular weight excluding hydrogens is 599 g/mol. The third-order valence-electron chi connectivity index (χ3n) is 10.7. The Bertz CT molecular complexity index is 1440. The highest BCUT2D eigenvalue weighted by molar-refractivity contribution is 7.90. The highest BCUT2D eigenvalue weighted by Gasteiger charge is 2.41. The van der Waals surface area contributed by atoms with Crippen LogP contribution in [-0.4, -0.2) is 59.7 Å². The van der Waals surface area contributed by atoms with Crippen molar-refractivity contribution in [2.75, 3.05) is 38.8 Å². The fourth-order valence-electron chi connectivity index (χ4n) is 7.57. The van der Waals surface area contributed by atoms with Gasteiger partial charge in [0.25, 0.3) is 0 Å². The lowest BCUT2D eigenvalue weighted by molar-refractivity contribution is -0.0191. The lowest BCUT2D eigenvalue weighted by Gasteiger charge is -2.44. The number of allylic oxidation sites excluding steroid dienone is 1. The second-order valence-corrected chi connectivity index (χ2v) is 16.6. The first-order valence-electron chi connectivity index (χ1n) is 16.8. The quantitative estimate of drug-likeness (QED) is 0.217. The molecule has 1 fully saturated rings. The van der Waals surface area contributed by atoms with Gasteiger partial charge in [0, 0.05) is 43.8 Å². The summed E-state index contributed by atoms with van der Waals surface area (Å²) in [7, 11) is 2.77. The van der Waals surface area contributed by atoms with Gasteiger partial charge in [-0.25, -0.2) is 13.1 Å². The molecular formula is C37H57N2O4PS. The van der Waals surface area contributed by atoms with Crippen molar-refractivity contribution in [1.29, 1.82) is 0 Å². The molecule has 0 saturated carbocycles. The third kappa shape index (κ3) is 8.22. The molecule has 7 atom stereocenters. The number of ether oxygens (including phenoxy) is 2. The highest BCUT2D eigenvalue weighted by atomic mass is 32.2. The molecule has 45 heavy (non-hydrogen) atoms. The number of benzene rings is 2. The molecule has 3 unspecified atom stereocenters. The van der Waals surface area contributed by atoms with Crippen molar-refractivity contribution in [3.05, 3.63) is 75.6 Å². The second kappa shape index (κ2) is 15.4. The average Bonchev–Trinajstić information content (AvgIpc) is 3.47. The fourth-order valence-corrected chi connectivity index (χ4v) is 9.12. The lowest BCUT2D eigenvalue weighted by atomic mass is 9.67. The SMILES string of the molecule is CC[C@@]1(CN(C[C@@H]2CCOC2C(OC)/C(P)=C/C[C@H](C)[C@@H](C)S(=O)(=O)NC)c2cc(C)ccc2C)CCCc2cc(C)ccc21. The van der Waals surface area contributed by atoms with E-state index in [2.05, 4.69) is 89.0 Å². The van der Waals surface area contributed by atoms with E-state index >= 15 is 0 Å². The van der Waals surface area contributed by atoms with E-state index in [0.717, 1.165) is 37.7 Å². The van der Waals surface area contributed by atoms with Crippen LogP contribution in [-0.2, 0) is 31.3 Å². The number of methoxy groups -OCH3 is 1. The van der Waals surface area contributed by atoms with Crippen LogP contribution in [0.2, 0.25) is 0 Å². The van der Waals surface area contributed by atoms with Crippen LogP contribution in [0, 0.1) is 32.6 Å². The van der Waals surface area contributed by atoms with Gasteiger partial charge in [-0.3, -0.25) is 0 Å². The lowest BCUT2D eigenvalue weighted by Crippen LogP contribution is -2.47. The minimum absolute atomic E-state index is 0.0389. The number of sulfonamides is 1. The molecule has 8 heteroatoms. The zero-order valence-corrected chi connectivity index (χ0v) is 30.8. The van der Waals surface area contributed by atoms with Crippen molar-refractivity contribution in [2.24, 2.45) is 11.8 Å². The summed E-state index contributed by atoms with van der Waals surface area (Å²) in [5.41, 5.74) is 8.39. The molecule has 250 valence electrons. The number of rotatable bonds is 14. The van der Waals surface area contributed by atoms with E-state index in [-0.39, 0.29) is 29.5 Å². The first-order valence-corrected chi connectivity index (χ1v) is 18.9. The minimum Gasteiger partial charge on any atom is -0.375 e. The van der Waals surface area contributed by atoms with Crippen LogP contribution < -0.4 is 9.62 Å². The molecule has 0 amide bonds. The summed E-state index contributed by atoms with van der Waals surface area (Å²) >= 11 is 0. The minimum atomic E-state index is -3.33. The van der Waals surface area contributed by atoms with Crippen LogP contribution in [0.1, 0.15) is 80.7 Å². The van der Waals surface area contributed by atoms with E-state index in [1.807, 2.05) is 6.92 Å². The molecule has 1 heterocycles. The van der Waals surface area contributed by atoms with Gasteiger partial charge in [0.2, 0.25) is 10.0 Å². The molecule has 4 rings (SSSR count). The van der Waals surface area contributed by atoms with Crippen LogP contribution >= 0.6 is 9.24 Å². The van der Waals surface area contributed by atoms with Crippen molar-refractivity contribution in [3.63, 3.8) is 0 Å². The molecule has 0 bridgehead atoms. The largest absolute Gasteiger partial charge is 0.375 e. The van der Waals surface area contributed by atoms with Crippen molar-refractivity contribution < 1.29 is 17.9 Å². The zero-order chi connectivity index (χ0) is 32.9. The second-order valence-electron chi connectivity index (χ2n) is 13.7. The van der Waals surface area contributed by atoms with E-state index in [9.17, 15) is 8.42 Å². The van der Waals surface area contributed by atoms with Gasteiger partial charge < -0.3 is 14.4 Å². The van der Waals surface area contributed by atoms with Crippen molar-refractivity contribution in [1.82, 2.24) is 4.72 Å². The molecule has 0 spiro atoms. The van der Waals surface area contributed by atoms with Crippen molar-refractivity contribution in [3.8, 4) is 0 Å². The summed E-state index contributed by atoms with van der Waals surface area (Å²) in [6.07, 6.45) is 8.14. The summed E-state index contributed by atoms with van der Waals surface area (Å²) < 4.78 is 39.8. The standard InChI is InChI=1S/C37H57N2O4PS/c1-9-37(19-10-11-30-21-25(2)13-16-32(30)37)24-39(33-22-26(3)12-14-28(33)5)23-31-18-20-43-35(31)36(42-8)34(44)17-15-27(4)29(6)45(40,41)38-7/h12-14,16-17,21-22,27,29,31,35-36,38H,9-11,15,18-20,23-24,44H2,1-8H3/b34-17-/t27-,29+,31-,35?,36?,37-/m0/s1. The highest BCUT2D eigenvalue weighted by Crippen LogP contribution is 2.43. The molecule has 1 N–H and O–H groups in total. The molecule has 2 aromatic carbocycles. The number of nitrogens with one attached hydrogen (secondary N) is 1. The summed E-state index contributed by atoms with van der Waals surface area (Å²) in [5, 5.41) is 0.536. The molecule has 2 aliphatic rings. The molecule has 1 saturated heterocycles. The smallest absolute Gasteiger partial charge is 0.214 e. The number of aryl methyl sites for hydroxylation is 4. The van der Waals surface area contributed by atoms with E-state index in [4.69, 9.17) is 9.47 Å². The first kappa shape index (κ1) is 36.1. The predicted octanol–water partition coefficient (Wildman–Crippen LogP) is 7.25. The van der Waals surface area contributed by atoms with Crippen molar-refractivity contribution in [2.45, 2.75) is 103 Å². The number of nitrogens with zero attached hydrogens (tertiary/aromatic N) is 1. The number of hydrogen-bond donors (Lipinski definition) is 1. The Labute approximate surface area is 276 Å². The van der Waals surface area contributed by atoms with Gasteiger partial charge in [-0.2, -0.15) is 0 Å². The Morgan fingerprint density at radius 1 is 1.18 bits per heavy atom. The summed E-state index contributed by atoms with van der Waals surface area (Å²) in [5.74, 6) is 0.248. The van der Waals surface area contributed by atoms with Crippen LogP contribution in [0.5, 0.6) is 0 Å². The number of anilines is 1. The molecule has 1 aliphatic carbocycles. The Balaban J connectivity index is 1.63. The van der Waals surface area contributed by atoms with Gasteiger partial charge in [0.1, 0.15) is 6.10 Å². The molecule has 2 aromatic rings. The maximum Gasteiger partial charge on any atom is 0.214 e. The van der Waals surface area contributed by atoms with Crippen molar-refractivity contribution >= 4 is 25.0 Å². The Kier molecular flexibility index (Phi) is 12.4. The Morgan fingerprint density at radius 3 is 2.58 bits per heavy atom. The van der Waals surface area contributed by atoms with Crippen LogP contribution in [0.15, 0.2) is 47.8 Å². The van der Waals surface area contributed by atoms with E-state index < -0.39 is 15.3 Å². The van der Waals surface area contributed by atoms with Gasteiger partial charge in [0.15, 0.2) is 0 Å². The van der Waals surface area contributed by atoms with Crippen LogP contribution in [0.3, 0.4) is 0 Å². The molecule has 1 aliphatic heterocycles. The Hall–Kier alpha value is -1.76. The summed E-state index contributed by atoms with van der Waals surface area (Å²) in [4.78, 5) is 2.67.